The van der Waals surface area contributed by atoms with E-state index in [2.05, 4.69) is 20.2 Å². The molecule has 0 saturated carbocycles. The van der Waals surface area contributed by atoms with Crippen LogP contribution >= 0.6 is 0 Å². The summed E-state index contributed by atoms with van der Waals surface area (Å²) >= 11 is 0. The first kappa shape index (κ1) is 24.6. The van der Waals surface area contributed by atoms with Gasteiger partial charge < -0.3 is 10.2 Å². The van der Waals surface area contributed by atoms with Crippen molar-refractivity contribution in [2.24, 2.45) is 7.05 Å². The molecule has 4 aromatic rings. The molecule has 0 radical (unpaired) electrons. The lowest BCUT2D eigenvalue weighted by Crippen LogP contribution is -2.47. The number of benzene rings is 2. The Kier molecular flexibility index (Phi) is 6.25. The van der Waals surface area contributed by atoms with E-state index in [1.165, 1.54) is 18.2 Å². The van der Waals surface area contributed by atoms with Gasteiger partial charge in [-0.15, -0.1) is 0 Å². The van der Waals surface area contributed by atoms with Gasteiger partial charge in [0.1, 0.15) is 23.2 Å². The van der Waals surface area contributed by atoms with Crippen LogP contribution in [0, 0.1) is 32.1 Å². The number of likely N-dealkylation sites (N-methyl/N-ethyl adjacent to an activating group) is 1. The number of fused-ring (bicyclic) bond motifs is 1. The minimum Gasteiger partial charge on any atom is -0.336 e. The zero-order chi connectivity index (χ0) is 26.4. The van der Waals surface area contributed by atoms with E-state index in [0.29, 0.717) is 29.9 Å². The van der Waals surface area contributed by atoms with Gasteiger partial charge in [-0.3, -0.25) is 14.0 Å². The molecular formula is C27H27F2N7O. The van der Waals surface area contributed by atoms with E-state index in [0.717, 1.165) is 23.9 Å². The van der Waals surface area contributed by atoms with E-state index >= 15 is 4.39 Å². The van der Waals surface area contributed by atoms with Crippen LogP contribution < -0.4 is 5.32 Å². The smallest absolute Gasteiger partial charge is 0.274 e. The fraction of sp³-hybridized carbons (Fsp3) is 0.333. The molecule has 190 valence electrons. The number of aryl methyl sites for hydroxylation is 2. The van der Waals surface area contributed by atoms with Gasteiger partial charge in [0.15, 0.2) is 0 Å². The predicted octanol–water partition coefficient (Wildman–Crippen LogP) is 4.70. The number of carbonyl (C=O) groups is 1. The summed E-state index contributed by atoms with van der Waals surface area (Å²) in [6.45, 7) is 11.9. The molecule has 1 fully saturated rings. The van der Waals surface area contributed by atoms with Crippen molar-refractivity contribution >= 4 is 22.5 Å². The molecule has 0 aliphatic carbocycles. The number of nitrogens with one attached hydrogen (secondary N) is 1. The molecule has 2 aromatic carbocycles. The highest BCUT2D eigenvalue weighted by Gasteiger charge is 2.30. The van der Waals surface area contributed by atoms with E-state index in [4.69, 9.17) is 6.57 Å². The number of piperidine rings is 1. The lowest BCUT2D eigenvalue weighted by atomic mass is 10.1. The molecule has 1 N–H and O–H groups in total. The Balaban J connectivity index is 1.72. The number of halogens is 2. The van der Waals surface area contributed by atoms with Crippen molar-refractivity contribution in [3.63, 3.8) is 0 Å². The molecule has 1 aliphatic rings. The molecule has 2 aromatic heterocycles. The van der Waals surface area contributed by atoms with Crippen molar-refractivity contribution in [3.8, 4) is 17.1 Å². The molecule has 10 heteroatoms. The van der Waals surface area contributed by atoms with E-state index in [1.807, 2.05) is 14.0 Å². The number of likely N-dealkylation sites (tertiary alicyclic amines) is 1. The summed E-state index contributed by atoms with van der Waals surface area (Å²) < 4.78 is 33.4. The predicted molar refractivity (Wildman–Crippen MR) is 137 cm³/mol. The van der Waals surface area contributed by atoms with E-state index in [-0.39, 0.29) is 34.8 Å². The van der Waals surface area contributed by atoms with Crippen LogP contribution in [0.15, 0.2) is 30.3 Å². The second-order valence-electron chi connectivity index (χ2n) is 9.39. The molecule has 5 rings (SSSR count). The SMILES string of the molecule is [C-]#[N+]c1ccc(-c2nc(C(=O)N3CCC[C@@H](NC)C3)c(C)n2-c2cc3c(C)n(C)nc3cc2F)cc1F. The Bertz CT molecular complexity index is 1580. The fourth-order valence-electron chi connectivity index (χ4n) is 4.98. The summed E-state index contributed by atoms with van der Waals surface area (Å²) in [4.78, 5) is 23.2. The summed E-state index contributed by atoms with van der Waals surface area (Å²) in [5.41, 5.74) is 2.39. The van der Waals surface area contributed by atoms with Crippen molar-refractivity contribution in [1.29, 1.82) is 0 Å². The van der Waals surface area contributed by atoms with Crippen LogP contribution in [0.4, 0.5) is 14.5 Å². The molecule has 0 bridgehead atoms. The van der Waals surface area contributed by atoms with Crippen LogP contribution in [0.2, 0.25) is 0 Å². The Morgan fingerprint density at radius 2 is 1.95 bits per heavy atom. The van der Waals surface area contributed by atoms with Crippen LogP contribution in [0.25, 0.3) is 32.8 Å². The van der Waals surface area contributed by atoms with Gasteiger partial charge in [0.2, 0.25) is 5.69 Å². The van der Waals surface area contributed by atoms with Crippen LogP contribution in [-0.2, 0) is 7.05 Å². The number of hydrogen-bond acceptors (Lipinski definition) is 4. The highest BCUT2D eigenvalue weighted by Crippen LogP contribution is 2.33. The average Bonchev–Trinajstić information content (AvgIpc) is 3.38. The topological polar surface area (TPSA) is 72.3 Å². The van der Waals surface area contributed by atoms with Gasteiger partial charge in [0.05, 0.1) is 23.5 Å². The molecule has 8 nitrogen and oxygen atoms in total. The Morgan fingerprint density at radius 3 is 2.65 bits per heavy atom. The Labute approximate surface area is 213 Å². The highest BCUT2D eigenvalue weighted by molar-refractivity contribution is 5.95. The number of aromatic nitrogens is 4. The Morgan fingerprint density at radius 1 is 1.16 bits per heavy atom. The normalized spacial score (nSPS) is 15.8. The maximum absolute atomic E-state index is 15.6. The monoisotopic (exact) mass is 503 g/mol. The summed E-state index contributed by atoms with van der Waals surface area (Å²) in [5.74, 6) is -1.29. The number of carbonyl (C=O) groups excluding carboxylic acids is 1. The number of hydrogen-bond donors (Lipinski definition) is 1. The van der Waals surface area contributed by atoms with Crippen molar-refractivity contribution in [3.05, 3.63) is 70.5 Å². The largest absolute Gasteiger partial charge is 0.336 e. The standard InChI is InChI=1S/C27H27F2N7O/c1-15-19-12-24(21(29)13-23(19)33-34(15)5)36-16(2)25(27(37)35-10-6-7-18(14-35)30-3)32-26(36)17-8-9-22(31-4)20(28)11-17/h8-9,11-13,18,30H,6-7,10,14H2,1-3,5H3/t18-/m1/s1. The van der Waals surface area contributed by atoms with E-state index in [1.54, 1.807) is 40.3 Å². The molecule has 3 heterocycles. The highest BCUT2D eigenvalue weighted by atomic mass is 19.1. The van der Waals surface area contributed by atoms with Crippen molar-refractivity contribution < 1.29 is 13.6 Å². The van der Waals surface area contributed by atoms with Gasteiger partial charge in [-0.05, 0) is 45.9 Å². The molecule has 1 atom stereocenters. The molecule has 1 aliphatic heterocycles. The third-order valence-corrected chi connectivity index (χ3v) is 7.19. The minimum absolute atomic E-state index is 0.125. The summed E-state index contributed by atoms with van der Waals surface area (Å²) in [7, 11) is 3.66. The van der Waals surface area contributed by atoms with Gasteiger partial charge in [0, 0.05) is 48.9 Å². The quantitative estimate of drug-likeness (QED) is 0.410. The first-order valence-corrected chi connectivity index (χ1v) is 12.1. The van der Waals surface area contributed by atoms with Crippen LogP contribution in [0.3, 0.4) is 0 Å². The second kappa shape index (κ2) is 9.41. The lowest BCUT2D eigenvalue weighted by molar-refractivity contribution is 0.0692. The van der Waals surface area contributed by atoms with E-state index in [9.17, 15) is 9.18 Å². The second-order valence-corrected chi connectivity index (χ2v) is 9.39. The summed E-state index contributed by atoms with van der Waals surface area (Å²) in [6.07, 6.45) is 1.83. The van der Waals surface area contributed by atoms with Crippen LogP contribution in [0.5, 0.6) is 0 Å². The van der Waals surface area contributed by atoms with Crippen LogP contribution in [-0.4, -0.2) is 56.3 Å². The first-order chi connectivity index (χ1) is 17.7. The molecule has 1 amide bonds. The first-order valence-electron chi connectivity index (χ1n) is 12.1. The minimum atomic E-state index is -0.709. The molecule has 1 saturated heterocycles. The third kappa shape index (κ3) is 4.15. The number of imidazole rings is 1. The maximum Gasteiger partial charge on any atom is 0.274 e. The summed E-state index contributed by atoms with van der Waals surface area (Å²) in [6, 6.07) is 7.34. The fourth-order valence-corrected chi connectivity index (χ4v) is 4.98. The number of amides is 1. The van der Waals surface area contributed by atoms with Gasteiger partial charge in [-0.25, -0.2) is 18.6 Å². The molecule has 37 heavy (non-hydrogen) atoms. The van der Waals surface area contributed by atoms with Crippen molar-refractivity contribution in [2.75, 3.05) is 20.1 Å². The number of rotatable bonds is 4. The molecular weight excluding hydrogens is 476 g/mol. The van der Waals surface area contributed by atoms with Crippen molar-refractivity contribution in [2.45, 2.75) is 32.7 Å². The number of nitrogens with zero attached hydrogens (tertiary/aromatic N) is 6. The molecule has 0 spiro atoms. The van der Waals surface area contributed by atoms with Gasteiger partial charge in [-0.2, -0.15) is 5.10 Å². The zero-order valence-corrected chi connectivity index (χ0v) is 21.1. The Hall–Kier alpha value is -4.10. The molecule has 0 unspecified atom stereocenters. The summed E-state index contributed by atoms with van der Waals surface area (Å²) in [5, 5.41) is 8.35. The maximum atomic E-state index is 15.6. The van der Waals surface area contributed by atoms with Gasteiger partial charge in [0.25, 0.3) is 5.91 Å². The lowest BCUT2D eigenvalue weighted by Gasteiger charge is -2.32. The van der Waals surface area contributed by atoms with Crippen molar-refractivity contribution in [1.82, 2.24) is 29.5 Å². The van der Waals surface area contributed by atoms with Crippen LogP contribution in [0.1, 0.15) is 34.7 Å². The van der Waals surface area contributed by atoms with E-state index < -0.39 is 11.6 Å². The van der Waals surface area contributed by atoms with Gasteiger partial charge in [-0.1, -0.05) is 12.1 Å². The van der Waals surface area contributed by atoms with Gasteiger partial charge >= 0.3 is 0 Å². The average molecular weight is 504 g/mol. The zero-order valence-electron chi connectivity index (χ0n) is 21.1. The third-order valence-electron chi connectivity index (χ3n) is 7.19.